The standard InChI is InChI=1S/C14H23N7O7S2/c1-14(2,3)28-12(25)18-7-10(24)17-6-9(23)16-5-4-8(22)19-11-20-21-13(29-11)30(15,26)27/h4-7H2,1-3H3,(H,16,23)(H,17,24)(H,18,25)(H2,15,26,27)(H,19,20,22). The molecule has 0 saturated carbocycles. The van der Waals surface area contributed by atoms with Gasteiger partial charge in [-0.1, -0.05) is 11.3 Å². The minimum absolute atomic E-state index is 0.0441. The summed E-state index contributed by atoms with van der Waals surface area (Å²) in [4.78, 5) is 46.4. The van der Waals surface area contributed by atoms with Crippen LogP contribution in [-0.2, 0) is 29.1 Å². The number of ether oxygens (including phenoxy) is 1. The van der Waals surface area contributed by atoms with Crippen LogP contribution >= 0.6 is 11.3 Å². The molecule has 0 aliphatic heterocycles. The number of anilines is 1. The number of nitrogens with one attached hydrogen (secondary N) is 4. The van der Waals surface area contributed by atoms with E-state index in [1.165, 1.54) is 0 Å². The molecule has 0 atom stereocenters. The van der Waals surface area contributed by atoms with Crippen LogP contribution in [0.15, 0.2) is 4.34 Å². The van der Waals surface area contributed by atoms with Gasteiger partial charge < -0.3 is 26.0 Å². The lowest BCUT2D eigenvalue weighted by Crippen LogP contribution is -2.43. The molecule has 0 aliphatic rings. The first-order valence-corrected chi connectivity index (χ1v) is 10.8. The third-order valence-corrected chi connectivity index (χ3v) is 4.96. The summed E-state index contributed by atoms with van der Waals surface area (Å²) in [5.74, 6) is -1.70. The van der Waals surface area contributed by atoms with Crippen LogP contribution in [0.3, 0.4) is 0 Å². The second-order valence-corrected chi connectivity index (χ2v) is 9.41. The molecule has 0 spiro atoms. The van der Waals surface area contributed by atoms with Crippen LogP contribution < -0.4 is 26.4 Å². The highest BCUT2D eigenvalue weighted by molar-refractivity contribution is 7.91. The second-order valence-electron chi connectivity index (χ2n) is 6.70. The van der Waals surface area contributed by atoms with E-state index in [2.05, 4.69) is 31.5 Å². The van der Waals surface area contributed by atoms with E-state index in [4.69, 9.17) is 9.88 Å². The minimum atomic E-state index is -4.00. The maximum absolute atomic E-state index is 11.7. The Morgan fingerprint density at radius 3 is 2.17 bits per heavy atom. The van der Waals surface area contributed by atoms with Crippen molar-refractivity contribution in [1.29, 1.82) is 0 Å². The van der Waals surface area contributed by atoms with Crippen molar-refractivity contribution in [2.75, 3.05) is 25.0 Å². The summed E-state index contributed by atoms with van der Waals surface area (Å²) in [5, 5.41) is 20.9. The van der Waals surface area contributed by atoms with Gasteiger partial charge in [-0.3, -0.25) is 14.4 Å². The largest absolute Gasteiger partial charge is 0.444 e. The molecule has 1 aromatic rings. The van der Waals surface area contributed by atoms with Crippen molar-refractivity contribution in [3.05, 3.63) is 0 Å². The summed E-state index contributed by atoms with van der Waals surface area (Å²) < 4.78 is 26.7. The predicted molar refractivity (Wildman–Crippen MR) is 105 cm³/mol. The molecule has 4 amide bonds. The highest BCUT2D eigenvalue weighted by Crippen LogP contribution is 2.18. The first kappa shape index (κ1) is 25.2. The Kier molecular flexibility index (Phi) is 9.06. The molecular weight excluding hydrogens is 442 g/mol. The maximum Gasteiger partial charge on any atom is 0.408 e. The number of rotatable bonds is 9. The number of aromatic nitrogens is 2. The number of nitrogens with two attached hydrogens (primary N) is 1. The predicted octanol–water partition coefficient (Wildman–Crippen LogP) is -1.73. The molecule has 0 saturated heterocycles. The lowest BCUT2D eigenvalue weighted by Gasteiger charge is -2.19. The Balaban J connectivity index is 2.22. The number of alkyl carbamates (subject to hydrolysis) is 1. The number of primary sulfonamides is 1. The van der Waals surface area contributed by atoms with Gasteiger partial charge in [-0.25, -0.2) is 18.4 Å². The van der Waals surface area contributed by atoms with Gasteiger partial charge in [0.2, 0.25) is 27.2 Å². The number of sulfonamides is 1. The lowest BCUT2D eigenvalue weighted by atomic mass is 10.2. The fourth-order valence-corrected chi connectivity index (χ4v) is 2.99. The monoisotopic (exact) mass is 465 g/mol. The van der Waals surface area contributed by atoms with Gasteiger partial charge in [0.1, 0.15) is 12.1 Å². The average molecular weight is 466 g/mol. The van der Waals surface area contributed by atoms with Crippen molar-refractivity contribution in [1.82, 2.24) is 26.1 Å². The SMILES string of the molecule is CC(C)(C)OC(=O)NCC(=O)NCC(=O)NCCC(=O)Nc1nnc(S(N)(=O)=O)s1. The van der Waals surface area contributed by atoms with Crippen LogP contribution in [0.4, 0.5) is 9.93 Å². The van der Waals surface area contributed by atoms with Gasteiger partial charge in [-0.2, -0.15) is 0 Å². The van der Waals surface area contributed by atoms with Crippen molar-refractivity contribution < 1.29 is 32.3 Å². The molecule has 0 unspecified atom stereocenters. The molecule has 0 fully saturated rings. The van der Waals surface area contributed by atoms with Crippen molar-refractivity contribution in [3.63, 3.8) is 0 Å². The molecule has 6 N–H and O–H groups in total. The number of carbonyl (C=O) groups excluding carboxylic acids is 4. The van der Waals surface area contributed by atoms with Crippen molar-refractivity contribution >= 4 is 50.3 Å². The Bertz CT molecular complexity index is 893. The minimum Gasteiger partial charge on any atom is -0.444 e. The number of carbonyl (C=O) groups is 4. The van der Waals surface area contributed by atoms with Crippen molar-refractivity contribution in [2.45, 2.75) is 37.1 Å². The van der Waals surface area contributed by atoms with Crippen molar-refractivity contribution in [2.24, 2.45) is 5.14 Å². The van der Waals surface area contributed by atoms with E-state index < -0.39 is 43.8 Å². The van der Waals surface area contributed by atoms with E-state index in [1.54, 1.807) is 20.8 Å². The van der Waals surface area contributed by atoms with E-state index in [-0.39, 0.29) is 31.2 Å². The van der Waals surface area contributed by atoms with Crippen LogP contribution in [0, 0.1) is 0 Å². The molecule has 168 valence electrons. The molecule has 0 bridgehead atoms. The molecular formula is C14H23N7O7S2. The maximum atomic E-state index is 11.7. The number of hydrogen-bond acceptors (Lipinski definition) is 10. The zero-order valence-electron chi connectivity index (χ0n) is 16.5. The highest BCUT2D eigenvalue weighted by atomic mass is 32.2. The third kappa shape index (κ3) is 10.6. The van der Waals surface area contributed by atoms with Crippen LogP contribution in [0.2, 0.25) is 0 Å². The molecule has 1 heterocycles. The van der Waals surface area contributed by atoms with Gasteiger partial charge in [0, 0.05) is 13.0 Å². The lowest BCUT2D eigenvalue weighted by molar-refractivity contribution is -0.125. The molecule has 30 heavy (non-hydrogen) atoms. The molecule has 0 radical (unpaired) electrons. The average Bonchev–Trinajstić information content (AvgIpc) is 3.05. The Hall–Kier alpha value is -2.85. The quantitative estimate of drug-likeness (QED) is 0.262. The third-order valence-electron chi connectivity index (χ3n) is 2.81. The Morgan fingerprint density at radius 1 is 1.00 bits per heavy atom. The number of hydrogen-bond donors (Lipinski definition) is 5. The summed E-state index contributed by atoms with van der Waals surface area (Å²) in [6.07, 6.45) is -0.899. The second kappa shape index (κ2) is 10.8. The van der Waals surface area contributed by atoms with Gasteiger partial charge in [0.05, 0.1) is 6.54 Å². The zero-order chi connectivity index (χ0) is 22.9. The summed E-state index contributed by atoms with van der Waals surface area (Å²) in [5.41, 5.74) is -0.701. The van der Waals surface area contributed by atoms with Gasteiger partial charge in [-0.05, 0) is 20.8 Å². The van der Waals surface area contributed by atoms with E-state index in [0.717, 1.165) is 0 Å². The first-order chi connectivity index (χ1) is 13.8. The van der Waals surface area contributed by atoms with E-state index >= 15 is 0 Å². The Labute approximate surface area is 176 Å². The summed E-state index contributed by atoms with van der Waals surface area (Å²) in [7, 11) is -4.00. The fourth-order valence-electron chi connectivity index (χ4n) is 1.64. The smallest absolute Gasteiger partial charge is 0.408 e. The Morgan fingerprint density at radius 2 is 1.60 bits per heavy atom. The van der Waals surface area contributed by atoms with Gasteiger partial charge >= 0.3 is 6.09 Å². The normalized spacial score (nSPS) is 11.3. The first-order valence-electron chi connectivity index (χ1n) is 8.42. The van der Waals surface area contributed by atoms with Gasteiger partial charge in [-0.15, -0.1) is 10.2 Å². The summed E-state index contributed by atoms with van der Waals surface area (Å²) in [6.45, 7) is 4.25. The molecule has 0 aliphatic carbocycles. The summed E-state index contributed by atoms with van der Waals surface area (Å²) >= 11 is 0.588. The van der Waals surface area contributed by atoms with E-state index in [0.29, 0.717) is 11.3 Å². The fraction of sp³-hybridized carbons (Fsp3) is 0.571. The molecule has 1 aromatic heterocycles. The topological polar surface area (TPSA) is 212 Å². The van der Waals surface area contributed by atoms with Crippen LogP contribution in [0.25, 0.3) is 0 Å². The molecule has 16 heteroatoms. The molecule has 0 aromatic carbocycles. The highest BCUT2D eigenvalue weighted by Gasteiger charge is 2.17. The molecule has 14 nitrogen and oxygen atoms in total. The number of amides is 4. The van der Waals surface area contributed by atoms with Crippen LogP contribution in [0.5, 0.6) is 0 Å². The molecule has 1 rings (SSSR count). The zero-order valence-corrected chi connectivity index (χ0v) is 18.1. The van der Waals surface area contributed by atoms with Crippen LogP contribution in [-0.4, -0.2) is 67.7 Å². The van der Waals surface area contributed by atoms with Crippen LogP contribution in [0.1, 0.15) is 27.2 Å². The van der Waals surface area contributed by atoms with Crippen molar-refractivity contribution in [3.8, 4) is 0 Å². The van der Waals surface area contributed by atoms with Gasteiger partial charge in [0.15, 0.2) is 0 Å². The van der Waals surface area contributed by atoms with Gasteiger partial charge in [0.25, 0.3) is 10.0 Å². The van der Waals surface area contributed by atoms with E-state index in [9.17, 15) is 27.6 Å². The van der Waals surface area contributed by atoms with E-state index in [1.807, 2.05) is 0 Å². The number of nitrogens with zero attached hydrogens (tertiary/aromatic N) is 2. The summed E-state index contributed by atoms with van der Waals surface area (Å²) in [6, 6.07) is 0.